The van der Waals surface area contributed by atoms with Gasteiger partial charge in [-0.3, -0.25) is 9.69 Å². The molecule has 0 aliphatic carbocycles. The van der Waals surface area contributed by atoms with Crippen LogP contribution in [0.3, 0.4) is 0 Å². The third-order valence-electron chi connectivity index (χ3n) is 4.42. The molecule has 1 unspecified atom stereocenters. The summed E-state index contributed by atoms with van der Waals surface area (Å²) in [4.78, 5) is 18.8. The van der Waals surface area contributed by atoms with E-state index in [0.29, 0.717) is 25.8 Å². The molecule has 1 saturated heterocycles. The molecule has 0 radical (unpaired) electrons. The van der Waals surface area contributed by atoms with Gasteiger partial charge >= 0.3 is 0 Å². The Morgan fingerprint density at radius 2 is 2.17 bits per heavy atom. The van der Waals surface area contributed by atoms with Crippen molar-refractivity contribution >= 4 is 27.1 Å². The summed E-state index contributed by atoms with van der Waals surface area (Å²) in [5, 5.41) is 5.84. The number of aromatic nitrogens is 1. The molecule has 136 valence electrons. The summed E-state index contributed by atoms with van der Waals surface area (Å²) in [7, 11) is -2.85. The Morgan fingerprint density at radius 3 is 2.79 bits per heavy atom. The molecule has 1 N–H and O–H groups in total. The monoisotopic (exact) mass is 373 g/mol. The largest absolute Gasteiger partial charge is 0.350 e. The fraction of sp³-hybridized carbons (Fsp3) is 0.750. The standard InChI is InChI=1S/C16H27N3O3S2/c1-3-19(4-2)10-14-11-23-16(18-14)9-17-15(20)6-5-13-7-8-24(21,22)12-13/h11,13H,3-10,12H2,1-2H3,(H,17,20). The average molecular weight is 374 g/mol. The van der Waals surface area contributed by atoms with Crippen molar-refractivity contribution in [3.05, 3.63) is 16.1 Å². The van der Waals surface area contributed by atoms with E-state index in [1.54, 1.807) is 11.3 Å². The summed E-state index contributed by atoms with van der Waals surface area (Å²) in [5.74, 6) is 0.621. The van der Waals surface area contributed by atoms with Gasteiger partial charge in [-0.15, -0.1) is 11.3 Å². The number of rotatable bonds is 9. The number of nitrogens with one attached hydrogen (secondary N) is 1. The smallest absolute Gasteiger partial charge is 0.220 e. The van der Waals surface area contributed by atoms with Gasteiger partial charge in [-0.25, -0.2) is 13.4 Å². The summed E-state index contributed by atoms with van der Waals surface area (Å²) in [6.45, 7) is 7.55. The van der Waals surface area contributed by atoms with Crippen LogP contribution in [0.5, 0.6) is 0 Å². The molecule has 2 rings (SSSR count). The number of amides is 1. The van der Waals surface area contributed by atoms with Crippen LogP contribution in [0.2, 0.25) is 0 Å². The number of carbonyl (C=O) groups is 1. The van der Waals surface area contributed by atoms with E-state index in [0.717, 1.165) is 30.3 Å². The Balaban J connectivity index is 1.69. The normalized spacial score (nSPS) is 19.7. The lowest BCUT2D eigenvalue weighted by Gasteiger charge is -2.15. The van der Waals surface area contributed by atoms with E-state index in [1.807, 2.05) is 5.38 Å². The highest BCUT2D eigenvalue weighted by Gasteiger charge is 2.27. The molecule has 1 atom stereocenters. The molecule has 1 amide bonds. The summed E-state index contributed by atoms with van der Waals surface area (Å²) in [6.07, 6.45) is 1.73. The van der Waals surface area contributed by atoms with Gasteiger partial charge in [0.2, 0.25) is 5.91 Å². The van der Waals surface area contributed by atoms with Gasteiger partial charge in [-0.2, -0.15) is 0 Å². The van der Waals surface area contributed by atoms with Gasteiger partial charge < -0.3 is 5.32 Å². The van der Waals surface area contributed by atoms with E-state index >= 15 is 0 Å². The molecule has 24 heavy (non-hydrogen) atoms. The number of carbonyl (C=O) groups excluding carboxylic acids is 1. The van der Waals surface area contributed by atoms with Crippen molar-refractivity contribution in [3.63, 3.8) is 0 Å². The zero-order valence-electron chi connectivity index (χ0n) is 14.5. The Kier molecular flexibility index (Phi) is 7.18. The molecule has 0 saturated carbocycles. The van der Waals surface area contributed by atoms with Gasteiger partial charge in [0.25, 0.3) is 0 Å². The van der Waals surface area contributed by atoms with Crippen LogP contribution in [-0.2, 0) is 27.7 Å². The molecule has 1 aliphatic heterocycles. The van der Waals surface area contributed by atoms with Crippen molar-refractivity contribution < 1.29 is 13.2 Å². The Bertz CT molecular complexity index is 639. The fourth-order valence-corrected chi connectivity index (χ4v) is 5.51. The summed E-state index contributed by atoms with van der Waals surface area (Å²) >= 11 is 1.57. The molecule has 1 aliphatic rings. The lowest BCUT2D eigenvalue weighted by molar-refractivity contribution is -0.121. The lowest BCUT2D eigenvalue weighted by atomic mass is 10.0. The van der Waals surface area contributed by atoms with Crippen molar-refractivity contribution in [3.8, 4) is 0 Å². The quantitative estimate of drug-likeness (QED) is 0.714. The molecule has 0 bridgehead atoms. The van der Waals surface area contributed by atoms with Crippen LogP contribution in [0.1, 0.15) is 43.8 Å². The Morgan fingerprint density at radius 1 is 1.42 bits per heavy atom. The van der Waals surface area contributed by atoms with Gasteiger partial charge in [-0.05, 0) is 31.8 Å². The van der Waals surface area contributed by atoms with Gasteiger partial charge in [0, 0.05) is 18.3 Å². The van der Waals surface area contributed by atoms with Crippen molar-refractivity contribution in [2.75, 3.05) is 24.6 Å². The second kappa shape index (κ2) is 8.92. The van der Waals surface area contributed by atoms with E-state index in [-0.39, 0.29) is 23.3 Å². The van der Waals surface area contributed by atoms with Crippen LogP contribution in [0.25, 0.3) is 0 Å². The predicted molar refractivity (Wildman–Crippen MR) is 96.6 cm³/mol. The van der Waals surface area contributed by atoms with E-state index < -0.39 is 9.84 Å². The molecular weight excluding hydrogens is 346 g/mol. The lowest BCUT2D eigenvalue weighted by Crippen LogP contribution is -2.24. The maximum absolute atomic E-state index is 11.9. The molecule has 8 heteroatoms. The molecule has 0 aromatic carbocycles. The number of hydrogen-bond donors (Lipinski definition) is 1. The molecule has 1 aromatic heterocycles. The van der Waals surface area contributed by atoms with Crippen LogP contribution < -0.4 is 5.32 Å². The number of thiazole rings is 1. The average Bonchev–Trinajstić information content (AvgIpc) is 3.14. The minimum absolute atomic E-state index is 0.0280. The summed E-state index contributed by atoms with van der Waals surface area (Å²) < 4.78 is 22.8. The number of nitrogens with zero attached hydrogens (tertiary/aromatic N) is 2. The molecule has 1 aromatic rings. The molecule has 6 nitrogen and oxygen atoms in total. The highest BCUT2D eigenvalue weighted by atomic mass is 32.2. The van der Waals surface area contributed by atoms with E-state index in [4.69, 9.17) is 0 Å². The number of hydrogen-bond acceptors (Lipinski definition) is 6. The molecule has 0 spiro atoms. The van der Waals surface area contributed by atoms with Crippen LogP contribution in [-0.4, -0.2) is 48.8 Å². The zero-order chi connectivity index (χ0) is 17.6. The van der Waals surface area contributed by atoms with Crippen LogP contribution >= 0.6 is 11.3 Å². The van der Waals surface area contributed by atoms with Crippen molar-refractivity contribution in [2.45, 2.75) is 46.2 Å². The SMILES string of the molecule is CCN(CC)Cc1csc(CNC(=O)CCC2CCS(=O)(=O)C2)n1. The fourth-order valence-electron chi connectivity index (χ4n) is 2.88. The minimum Gasteiger partial charge on any atom is -0.350 e. The first kappa shape index (κ1) is 19.3. The van der Waals surface area contributed by atoms with Crippen LogP contribution in [0.15, 0.2) is 5.38 Å². The second-order valence-corrected chi connectivity index (χ2v) is 9.45. The Labute approximate surface area is 148 Å². The second-order valence-electron chi connectivity index (χ2n) is 6.28. The van der Waals surface area contributed by atoms with Gasteiger partial charge in [-0.1, -0.05) is 13.8 Å². The third-order valence-corrected chi connectivity index (χ3v) is 7.16. The number of sulfone groups is 1. The van der Waals surface area contributed by atoms with Crippen molar-refractivity contribution in [2.24, 2.45) is 5.92 Å². The summed E-state index contributed by atoms with van der Waals surface area (Å²) in [6, 6.07) is 0. The highest BCUT2D eigenvalue weighted by molar-refractivity contribution is 7.91. The Hall–Kier alpha value is -0.990. The van der Waals surface area contributed by atoms with Crippen molar-refractivity contribution in [1.82, 2.24) is 15.2 Å². The van der Waals surface area contributed by atoms with Gasteiger partial charge in [0.05, 0.1) is 23.7 Å². The van der Waals surface area contributed by atoms with Crippen LogP contribution in [0, 0.1) is 5.92 Å². The van der Waals surface area contributed by atoms with Gasteiger partial charge in [0.15, 0.2) is 9.84 Å². The minimum atomic E-state index is -2.85. The van der Waals surface area contributed by atoms with Gasteiger partial charge in [0.1, 0.15) is 5.01 Å². The maximum atomic E-state index is 11.9. The van der Waals surface area contributed by atoms with Crippen LogP contribution in [0.4, 0.5) is 0 Å². The van der Waals surface area contributed by atoms with E-state index in [9.17, 15) is 13.2 Å². The highest BCUT2D eigenvalue weighted by Crippen LogP contribution is 2.22. The van der Waals surface area contributed by atoms with Crippen molar-refractivity contribution in [1.29, 1.82) is 0 Å². The third kappa shape index (κ3) is 6.14. The summed E-state index contributed by atoms with van der Waals surface area (Å²) in [5.41, 5.74) is 1.05. The molecule has 2 heterocycles. The maximum Gasteiger partial charge on any atom is 0.220 e. The van der Waals surface area contributed by atoms with E-state index in [1.165, 1.54) is 0 Å². The van der Waals surface area contributed by atoms with E-state index in [2.05, 4.69) is 29.0 Å². The molecular formula is C16H27N3O3S2. The first-order valence-electron chi connectivity index (χ1n) is 8.54. The predicted octanol–water partition coefficient (Wildman–Crippen LogP) is 1.82. The topological polar surface area (TPSA) is 79.4 Å². The first-order chi connectivity index (χ1) is 11.4. The first-order valence-corrected chi connectivity index (χ1v) is 11.2. The zero-order valence-corrected chi connectivity index (χ0v) is 16.1. The molecule has 1 fully saturated rings.